The van der Waals surface area contributed by atoms with E-state index in [1.807, 2.05) is 57.3 Å². The van der Waals surface area contributed by atoms with Gasteiger partial charge in [0.05, 0.1) is 16.0 Å². The molecule has 0 aliphatic heterocycles. The van der Waals surface area contributed by atoms with Gasteiger partial charge in [0.25, 0.3) is 5.91 Å². The van der Waals surface area contributed by atoms with Crippen molar-refractivity contribution in [1.29, 1.82) is 0 Å². The zero-order valence-corrected chi connectivity index (χ0v) is 26.4. The molecule has 13 nitrogen and oxygen atoms in total. The molecule has 4 N–H and O–H groups in total. The van der Waals surface area contributed by atoms with Crippen LogP contribution in [0.5, 0.6) is 0 Å². The fraction of sp³-hybridized carbons (Fsp3) is 0.324. The van der Waals surface area contributed by atoms with Crippen LogP contribution in [-0.2, 0) is 11.3 Å². The first-order valence-corrected chi connectivity index (χ1v) is 15.5. The van der Waals surface area contributed by atoms with Crippen LogP contribution in [0.2, 0.25) is 0 Å². The highest BCUT2D eigenvalue weighted by molar-refractivity contribution is 6.04. The maximum absolute atomic E-state index is 13.0. The minimum atomic E-state index is -0.580. The Morgan fingerprint density at radius 1 is 1.02 bits per heavy atom. The fourth-order valence-electron chi connectivity index (χ4n) is 5.85. The molecule has 47 heavy (non-hydrogen) atoms. The molecule has 0 atom stereocenters. The molecular weight excluding hydrogens is 600 g/mol. The number of pyridine rings is 3. The summed E-state index contributed by atoms with van der Waals surface area (Å²) in [5.74, 6) is -0.267. The molecule has 0 saturated heterocycles. The van der Waals surface area contributed by atoms with Gasteiger partial charge >= 0.3 is 11.8 Å². The van der Waals surface area contributed by atoms with Gasteiger partial charge < -0.3 is 25.7 Å². The van der Waals surface area contributed by atoms with Crippen molar-refractivity contribution in [2.75, 3.05) is 5.32 Å². The number of aromatic nitrogens is 4. The molecule has 5 aromatic rings. The number of amides is 2. The summed E-state index contributed by atoms with van der Waals surface area (Å²) in [6, 6.07) is 11.0. The van der Waals surface area contributed by atoms with Crippen LogP contribution in [0.3, 0.4) is 0 Å². The lowest BCUT2D eigenvalue weighted by Crippen LogP contribution is -2.42. The Hall–Kier alpha value is -5.59. The van der Waals surface area contributed by atoms with Crippen molar-refractivity contribution in [3.63, 3.8) is 0 Å². The average Bonchev–Trinajstić information content (AvgIpc) is 3.47. The summed E-state index contributed by atoms with van der Waals surface area (Å²) in [6.45, 7) is 5.80. The zero-order chi connectivity index (χ0) is 33.1. The number of rotatable bonds is 8. The number of ether oxygens (including phenoxy) is 1. The first-order chi connectivity index (χ1) is 22.5. The molecule has 0 radical (unpaired) electrons. The van der Waals surface area contributed by atoms with Gasteiger partial charge in [-0.1, -0.05) is 12.1 Å². The van der Waals surface area contributed by atoms with E-state index in [2.05, 4.69) is 35.9 Å². The molecule has 4 aromatic heterocycles. The van der Waals surface area contributed by atoms with Gasteiger partial charge in [-0.05, 0) is 81.8 Å². The van der Waals surface area contributed by atoms with Crippen LogP contribution in [0, 0.1) is 10.1 Å². The van der Waals surface area contributed by atoms with Crippen molar-refractivity contribution in [2.45, 2.75) is 70.7 Å². The number of nitrogens with zero attached hydrogens (tertiary/aromatic N) is 4. The Balaban J connectivity index is 1.24. The molecule has 0 bridgehead atoms. The van der Waals surface area contributed by atoms with Crippen molar-refractivity contribution in [3.8, 4) is 11.1 Å². The number of alkyl carbamates (subject to hydrolysis) is 1. The largest absolute Gasteiger partial charge is 0.444 e. The predicted octanol–water partition coefficient (Wildman–Crippen LogP) is 6.26. The van der Waals surface area contributed by atoms with Crippen LogP contribution in [0.25, 0.3) is 33.1 Å². The third kappa shape index (κ3) is 7.29. The molecule has 1 aliphatic rings. The summed E-state index contributed by atoms with van der Waals surface area (Å²) >= 11 is 0. The molecule has 242 valence electrons. The number of carbonyl (C=O) groups is 2. The van der Waals surface area contributed by atoms with Gasteiger partial charge in [-0.3, -0.25) is 19.9 Å². The highest BCUT2D eigenvalue weighted by Crippen LogP contribution is 2.37. The minimum Gasteiger partial charge on any atom is -0.444 e. The van der Waals surface area contributed by atoms with Crippen LogP contribution in [0.15, 0.2) is 67.4 Å². The van der Waals surface area contributed by atoms with Crippen LogP contribution < -0.4 is 16.0 Å². The van der Waals surface area contributed by atoms with Crippen LogP contribution in [0.1, 0.15) is 62.4 Å². The minimum absolute atomic E-state index is 0.0310. The standard InChI is InChI=1S/C34H36N8O5/c1-34(2,3)47-33(44)41-24-9-7-23(8-10-24)40-30-26-13-21(6-11-28(26)36-19-29(30)42(45)46)27-18-38-31-25(27)14-22(17-37-31)32(43)39-16-20-5-4-12-35-15-20/h4-6,11-15,17-19,23-24H,7-10,16H2,1-3H3,(H,36,40)(H,37,38)(H,39,43)(H,41,44)/t23-,24-. The van der Waals surface area contributed by atoms with Gasteiger partial charge in [0.15, 0.2) is 0 Å². The second-order valence-electron chi connectivity index (χ2n) is 12.7. The lowest BCUT2D eigenvalue weighted by molar-refractivity contribution is -0.384. The summed E-state index contributed by atoms with van der Waals surface area (Å²) in [5, 5.41) is 22.8. The Morgan fingerprint density at radius 2 is 1.81 bits per heavy atom. The van der Waals surface area contributed by atoms with E-state index in [-0.39, 0.29) is 23.7 Å². The maximum Gasteiger partial charge on any atom is 0.407 e. The number of carbonyl (C=O) groups excluding carboxylic acids is 2. The van der Waals surface area contributed by atoms with E-state index in [1.165, 1.54) is 12.4 Å². The first-order valence-electron chi connectivity index (χ1n) is 15.5. The number of hydrogen-bond acceptors (Lipinski definition) is 9. The van der Waals surface area contributed by atoms with Crippen molar-refractivity contribution in [3.05, 3.63) is 88.6 Å². The quantitative estimate of drug-likeness (QED) is 0.113. The van der Waals surface area contributed by atoms with Crippen molar-refractivity contribution >= 4 is 45.3 Å². The smallest absolute Gasteiger partial charge is 0.407 e. The third-order valence-electron chi connectivity index (χ3n) is 8.12. The van der Waals surface area contributed by atoms with Crippen LogP contribution in [0.4, 0.5) is 16.2 Å². The van der Waals surface area contributed by atoms with Crippen molar-refractivity contribution < 1.29 is 19.2 Å². The molecule has 4 heterocycles. The van der Waals surface area contributed by atoms with E-state index in [9.17, 15) is 19.7 Å². The second kappa shape index (κ2) is 13.0. The number of fused-ring (bicyclic) bond motifs is 2. The Bertz CT molecular complexity index is 1950. The molecule has 1 fully saturated rings. The third-order valence-corrected chi connectivity index (χ3v) is 8.12. The Labute approximate surface area is 270 Å². The number of anilines is 1. The van der Waals surface area contributed by atoms with Crippen molar-refractivity contribution in [2.24, 2.45) is 0 Å². The van der Waals surface area contributed by atoms with Gasteiger partial charge in [0, 0.05) is 59.8 Å². The molecule has 1 saturated carbocycles. The lowest BCUT2D eigenvalue weighted by atomic mass is 9.91. The predicted molar refractivity (Wildman–Crippen MR) is 178 cm³/mol. The molecular formula is C34H36N8O5. The first kappa shape index (κ1) is 31.4. The summed E-state index contributed by atoms with van der Waals surface area (Å²) in [4.78, 5) is 53.0. The number of nitrogens with one attached hydrogen (secondary N) is 4. The highest BCUT2D eigenvalue weighted by Gasteiger charge is 2.27. The summed E-state index contributed by atoms with van der Waals surface area (Å²) in [7, 11) is 0. The molecule has 6 rings (SSSR count). The number of hydrogen-bond donors (Lipinski definition) is 4. The Kier molecular flexibility index (Phi) is 8.70. The highest BCUT2D eigenvalue weighted by atomic mass is 16.6. The van der Waals surface area contributed by atoms with Gasteiger partial charge in [-0.25, -0.2) is 14.8 Å². The summed E-state index contributed by atoms with van der Waals surface area (Å²) in [6.07, 6.45) is 10.4. The van der Waals surface area contributed by atoms with Gasteiger partial charge in [-0.15, -0.1) is 0 Å². The Morgan fingerprint density at radius 3 is 2.53 bits per heavy atom. The normalized spacial score (nSPS) is 16.5. The summed E-state index contributed by atoms with van der Waals surface area (Å²) < 4.78 is 5.39. The number of benzene rings is 1. The molecule has 1 aromatic carbocycles. The SMILES string of the molecule is CC(C)(C)OC(=O)N[C@H]1CC[C@H](Nc2c([N+](=O)[O-])cnc3ccc(-c4c[nH]c5ncc(C(=O)NCc6cccnc6)cc45)cc23)CC1. The molecule has 2 amide bonds. The average molecular weight is 637 g/mol. The van der Waals surface area contributed by atoms with E-state index >= 15 is 0 Å². The molecule has 0 unspecified atom stereocenters. The number of aromatic amines is 1. The number of H-pyrrole nitrogens is 1. The zero-order valence-electron chi connectivity index (χ0n) is 26.4. The molecule has 0 spiro atoms. The molecule has 13 heteroatoms. The monoisotopic (exact) mass is 636 g/mol. The maximum atomic E-state index is 13.0. The van der Waals surface area contributed by atoms with E-state index in [4.69, 9.17) is 4.74 Å². The van der Waals surface area contributed by atoms with Crippen LogP contribution >= 0.6 is 0 Å². The van der Waals surface area contributed by atoms with E-state index in [1.54, 1.807) is 18.5 Å². The van der Waals surface area contributed by atoms with Crippen molar-refractivity contribution in [1.82, 2.24) is 30.6 Å². The molecule has 1 aliphatic carbocycles. The van der Waals surface area contributed by atoms with E-state index in [0.29, 0.717) is 60.0 Å². The van der Waals surface area contributed by atoms with Gasteiger partial charge in [0.2, 0.25) is 0 Å². The van der Waals surface area contributed by atoms with E-state index < -0.39 is 16.6 Å². The van der Waals surface area contributed by atoms with Gasteiger partial charge in [0.1, 0.15) is 23.1 Å². The van der Waals surface area contributed by atoms with E-state index in [0.717, 1.165) is 22.1 Å². The second-order valence-corrected chi connectivity index (χ2v) is 12.7. The number of nitro groups is 1. The fourth-order valence-corrected chi connectivity index (χ4v) is 5.85. The summed E-state index contributed by atoms with van der Waals surface area (Å²) in [5.41, 5.74) is 3.79. The van der Waals surface area contributed by atoms with Crippen LogP contribution in [-0.4, -0.2) is 54.5 Å². The van der Waals surface area contributed by atoms with Gasteiger partial charge in [-0.2, -0.15) is 0 Å². The topological polar surface area (TPSA) is 177 Å². The lowest BCUT2D eigenvalue weighted by Gasteiger charge is -2.31.